The van der Waals surface area contributed by atoms with E-state index in [1.807, 2.05) is 37.3 Å². The molecule has 1 N–H and O–H groups in total. The third-order valence-corrected chi connectivity index (χ3v) is 9.96. The van der Waals surface area contributed by atoms with Gasteiger partial charge in [0, 0.05) is 17.9 Å². The van der Waals surface area contributed by atoms with Gasteiger partial charge in [0.15, 0.2) is 9.84 Å². The van der Waals surface area contributed by atoms with Crippen molar-refractivity contribution in [2.45, 2.75) is 82.5 Å². The Balaban J connectivity index is 1.40. The van der Waals surface area contributed by atoms with Gasteiger partial charge in [-0.25, -0.2) is 8.42 Å². The van der Waals surface area contributed by atoms with Crippen LogP contribution in [0.25, 0.3) is 0 Å². The summed E-state index contributed by atoms with van der Waals surface area (Å²) in [5.74, 6) is -1.23. The molecule has 1 aliphatic heterocycles. The van der Waals surface area contributed by atoms with E-state index >= 15 is 0 Å². The Morgan fingerprint density at radius 3 is 2.50 bits per heavy atom. The molecule has 7 heteroatoms. The van der Waals surface area contributed by atoms with Crippen LogP contribution >= 0.6 is 0 Å². The number of aryl methyl sites for hydroxylation is 1. The molecule has 0 spiro atoms. The maximum Gasteiger partial charge on any atom is 0.311 e. The first-order valence-electron chi connectivity index (χ1n) is 13.6. The van der Waals surface area contributed by atoms with Crippen molar-refractivity contribution >= 4 is 15.8 Å². The van der Waals surface area contributed by atoms with Crippen LogP contribution in [0.5, 0.6) is 0 Å². The molecule has 6 nitrogen and oxygen atoms in total. The minimum absolute atomic E-state index is 0.264. The molecule has 0 radical (unpaired) electrons. The lowest BCUT2D eigenvalue weighted by molar-refractivity contribution is -0.205. The molecule has 1 saturated carbocycles. The van der Waals surface area contributed by atoms with Gasteiger partial charge in [-0.05, 0) is 75.5 Å². The summed E-state index contributed by atoms with van der Waals surface area (Å²) in [6.45, 7) is 6.92. The van der Waals surface area contributed by atoms with Crippen molar-refractivity contribution in [2.75, 3.05) is 6.61 Å². The Morgan fingerprint density at radius 2 is 1.79 bits per heavy atom. The van der Waals surface area contributed by atoms with E-state index in [0.29, 0.717) is 38.9 Å². The zero-order chi connectivity index (χ0) is 27.4. The van der Waals surface area contributed by atoms with Gasteiger partial charge in [0.1, 0.15) is 6.10 Å². The van der Waals surface area contributed by atoms with Crippen molar-refractivity contribution in [3.63, 3.8) is 0 Å². The number of carbonyl (C=O) groups excluding carboxylic acids is 1. The largest absolute Gasteiger partial charge is 0.462 e. The molecule has 2 aliphatic rings. The smallest absolute Gasteiger partial charge is 0.311 e. The van der Waals surface area contributed by atoms with E-state index in [2.05, 4.69) is 6.92 Å². The van der Waals surface area contributed by atoms with Crippen LogP contribution in [0.15, 0.2) is 71.0 Å². The number of carbonyl (C=O) groups is 1. The molecule has 1 heterocycles. The van der Waals surface area contributed by atoms with Gasteiger partial charge >= 0.3 is 5.97 Å². The first kappa shape index (κ1) is 28.5. The first-order valence-corrected chi connectivity index (χ1v) is 15.1. The van der Waals surface area contributed by atoms with E-state index in [-0.39, 0.29) is 16.8 Å². The molecule has 38 heavy (non-hydrogen) atoms. The normalized spacial score (nSPS) is 29.4. The molecule has 206 valence electrons. The van der Waals surface area contributed by atoms with Gasteiger partial charge in [0.2, 0.25) is 0 Å². The number of benzene rings is 2. The second kappa shape index (κ2) is 11.7. The lowest BCUT2D eigenvalue weighted by atomic mass is 9.65. The number of hydrogen-bond donors (Lipinski definition) is 1. The average molecular weight is 541 g/mol. The topological polar surface area (TPSA) is 89.9 Å². The summed E-state index contributed by atoms with van der Waals surface area (Å²) < 4.78 is 37.3. The molecule has 0 aromatic heterocycles. The highest BCUT2D eigenvalue weighted by Gasteiger charge is 2.63. The number of cyclic esters (lactones) is 1. The summed E-state index contributed by atoms with van der Waals surface area (Å²) in [7, 11) is -3.56. The number of sulfone groups is 1. The van der Waals surface area contributed by atoms with E-state index in [0.717, 1.165) is 24.0 Å². The summed E-state index contributed by atoms with van der Waals surface area (Å²) in [4.78, 5) is 12.9. The Kier molecular flexibility index (Phi) is 8.80. The fourth-order valence-electron chi connectivity index (χ4n) is 6.20. The van der Waals surface area contributed by atoms with E-state index in [1.54, 1.807) is 37.3 Å². The quantitative estimate of drug-likeness (QED) is 0.288. The Morgan fingerprint density at radius 1 is 1.08 bits per heavy atom. The number of aliphatic hydroxyl groups is 1. The summed E-state index contributed by atoms with van der Waals surface area (Å²) in [5.41, 5.74) is 0.590. The lowest BCUT2D eigenvalue weighted by Crippen LogP contribution is -2.58. The predicted octanol–water partition coefficient (Wildman–Crippen LogP) is 5.77. The fourth-order valence-corrected chi connectivity index (χ4v) is 7.22. The zero-order valence-electron chi connectivity index (χ0n) is 22.6. The Hall–Kier alpha value is -2.48. The van der Waals surface area contributed by atoms with Crippen molar-refractivity contribution in [3.8, 4) is 0 Å². The van der Waals surface area contributed by atoms with Gasteiger partial charge in [0.25, 0.3) is 0 Å². The van der Waals surface area contributed by atoms with Crippen LogP contribution in [0.1, 0.15) is 63.5 Å². The molecule has 2 fully saturated rings. The van der Waals surface area contributed by atoms with Gasteiger partial charge in [-0.1, -0.05) is 61.0 Å². The monoisotopic (exact) mass is 540 g/mol. The number of unbranched alkanes of at least 4 members (excludes halogenated alkanes) is 1. The van der Waals surface area contributed by atoms with Gasteiger partial charge < -0.3 is 14.6 Å². The molecule has 2 aromatic rings. The molecule has 5 atom stereocenters. The first-order chi connectivity index (χ1) is 18.1. The molecule has 1 aliphatic carbocycles. The number of allylic oxidation sites excluding steroid dienone is 1. The highest BCUT2D eigenvalue weighted by molar-refractivity contribution is 7.94. The van der Waals surface area contributed by atoms with Crippen molar-refractivity contribution in [3.05, 3.63) is 77.2 Å². The molecule has 1 saturated heterocycles. The second-order valence-electron chi connectivity index (χ2n) is 11.3. The summed E-state index contributed by atoms with van der Waals surface area (Å²) in [5, 5.41) is 13.0. The van der Waals surface area contributed by atoms with Crippen molar-refractivity contribution < 1.29 is 27.8 Å². The summed E-state index contributed by atoms with van der Waals surface area (Å²) in [6.07, 6.45) is 5.24. The van der Waals surface area contributed by atoms with Crippen LogP contribution < -0.4 is 0 Å². The summed E-state index contributed by atoms with van der Waals surface area (Å²) in [6, 6.07) is 16.8. The van der Waals surface area contributed by atoms with Crippen LogP contribution in [0.2, 0.25) is 0 Å². The standard InChI is InChI=1S/C31H40O6S/c1-23-13-15-26(16-14-23)38(34,35)21-9-17-30(3)18-19-31(33)24(2)29(32)37-27(28(30)31)12-7-8-20-36-22-25-10-5-4-6-11-25/h4-6,9-11,13-16,21,24,27-28,33H,7-8,12,17-20,22H2,1-3H3/b21-9+/t24?,27-,28-,30+,31?/m0/s1. The van der Waals surface area contributed by atoms with Crippen molar-refractivity contribution in [2.24, 2.45) is 17.3 Å². The van der Waals surface area contributed by atoms with E-state index in [4.69, 9.17) is 9.47 Å². The highest BCUT2D eigenvalue weighted by Crippen LogP contribution is 2.58. The number of esters is 1. The maximum atomic E-state index is 12.8. The lowest BCUT2D eigenvalue weighted by Gasteiger charge is -2.48. The van der Waals surface area contributed by atoms with Gasteiger partial charge in [-0.3, -0.25) is 4.79 Å². The van der Waals surface area contributed by atoms with Crippen LogP contribution in [0, 0.1) is 24.2 Å². The molecule has 0 amide bonds. The average Bonchev–Trinajstić information content (AvgIpc) is 3.17. The van der Waals surface area contributed by atoms with Crippen LogP contribution in [0.4, 0.5) is 0 Å². The molecule has 2 aromatic carbocycles. The van der Waals surface area contributed by atoms with E-state index in [1.165, 1.54) is 5.41 Å². The third kappa shape index (κ3) is 6.22. The number of fused-ring (bicyclic) bond motifs is 1. The summed E-state index contributed by atoms with van der Waals surface area (Å²) >= 11 is 0. The van der Waals surface area contributed by atoms with Crippen LogP contribution in [0.3, 0.4) is 0 Å². The van der Waals surface area contributed by atoms with Gasteiger partial charge in [-0.15, -0.1) is 0 Å². The molecule has 0 bridgehead atoms. The minimum Gasteiger partial charge on any atom is -0.462 e. The van der Waals surface area contributed by atoms with Gasteiger partial charge in [0.05, 0.1) is 23.0 Å². The fraction of sp³-hybridized carbons (Fsp3) is 0.516. The minimum atomic E-state index is -3.56. The number of ether oxygens (including phenoxy) is 2. The molecular weight excluding hydrogens is 500 g/mol. The van der Waals surface area contributed by atoms with Crippen LogP contribution in [-0.2, 0) is 30.7 Å². The Bertz CT molecular complexity index is 1220. The van der Waals surface area contributed by atoms with Crippen molar-refractivity contribution in [1.29, 1.82) is 0 Å². The van der Waals surface area contributed by atoms with Crippen LogP contribution in [-0.4, -0.2) is 37.8 Å². The van der Waals surface area contributed by atoms with E-state index in [9.17, 15) is 18.3 Å². The Labute approximate surface area is 227 Å². The maximum absolute atomic E-state index is 12.8. The SMILES string of the molecule is Cc1ccc(S(=O)(=O)/C=C/C[C@]2(C)CCC3(O)C(C)C(=O)O[C@@H](CCCCOCc4ccccc4)[C@H]32)cc1. The third-order valence-electron chi connectivity index (χ3n) is 8.48. The van der Waals surface area contributed by atoms with E-state index < -0.39 is 32.9 Å². The highest BCUT2D eigenvalue weighted by atomic mass is 32.2. The predicted molar refractivity (Wildman–Crippen MR) is 147 cm³/mol. The second-order valence-corrected chi connectivity index (χ2v) is 13.1. The molecule has 2 unspecified atom stereocenters. The van der Waals surface area contributed by atoms with Crippen molar-refractivity contribution in [1.82, 2.24) is 0 Å². The number of hydrogen-bond acceptors (Lipinski definition) is 6. The zero-order valence-corrected chi connectivity index (χ0v) is 23.5. The molecule has 4 rings (SSSR count). The number of rotatable bonds is 11. The molecular formula is C31H40O6S. The van der Waals surface area contributed by atoms with Gasteiger partial charge in [-0.2, -0.15) is 0 Å².